The molecule has 1 aliphatic rings. The number of aromatic nitrogens is 2. The Morgan fingerprint density at radius 3 is 2.80 bits per heavy atom. The van der Waals surface area contributed by atoms with Crippen molar-refractivity contribution in [3.8, 4) is 0 Å². The molecule has 0 radical (unpaired) electrons. The summed E-state index contributed by atoms with van der Waals surface area (Å²) in [5.41, 5.74) is 7.58. The zero-order chi connectivity index (χ0) is 21.1. The summed E-state index contributed by atoms with van der Waals surface area (Å²) in [6.07, 6.45) is 6.31. The van der Waals surface area contributed by atoms with Gasteiger partial charge in [-0.2, -0.15) is 0 Å². The molecule has 1 aromatic carbocycles. The molecule has 1 aliphatic carbocycles. The van der Waals surface area contributed by atoms with Crippen LogP contribution in [0.5, 0.6) is 0 Å². The molecule has 156 valence electrons. The molecule has 0 unspecified atom stereocenters. The highest BCUT2D eigenvalue weighted by molar-refractivity contribution is 7.17. The number of nitrogens with two attached hydrogens (primary N) is 1. The van der Waals surface area contributed by atoms with Gasteiger partial charge < -0.3 is 16.0 Å². The molecule has 0 saturated carbocycles. The van der Waals surface area contributed by atoms with Gasteiger partial charge in [-0.25, -0.2) is 4.98 Å². The number of hydrogen-bond donors (Lipinski definition) is 3. The van der Waals surface area contributed by atoms with Crippen molar-refractivity contribution in [2.75, 3.05) is 5.32 Å². The van der Waals surface area contributed by atoms with Gasteiger partial charge in [0.2, 0.25) is 5.91 Å². The van der Waals surface area contributed by atoms with Crippen LogP contribution in [-0.4, -0.2) is 21.8 Å². The smallest absolute Gasteiger partial charge is 0.258 e. The van der Waals surface area contributed by atoms with Gasteiger partial charge in [0.05, 0.1) is 16.5 Å². The Hall–Kier alpha value is -3.00. The Morgan fingerprint density at radius 1 is 1.17 bits per heavy atom. The number of benzene rings is 1. The van der Waals surface area contributed by atoms with Crippen LogP contribution < -0.4 is 16.6 Å². The molecule has 2 amide bonds. The van der Waals surface area contributed by atoms with Crippen molar-refractivity contribution >= 4 is 39.1 Å². The van der Waals surface area contributed by atoms with E-state index in [4.69, 9.17) is 5.73 Å². The molecule has 7 nitrogen and oxygen atoms in total. The monoisotopic (exact) mass is 424 g/mol. The van der Waals surface area contributed by atoms with Gasteiger partial charge in [-0.15, -0.1) is 11.3 Å². The Balaban J connectivity index is 1.41. The molecule has 0 saturated heterocycles. The summed E-state index contributed by atoms with van der Waals surface area (Å²) in [5, 5.41) is 4.00. The highest BCUT2D eigenvalue weighted by Gasteiger charge is 2.24. The van der Waals surface area contributed by atoms with Crippen LogP contribution in [0.4, 0.5) is 5.00 Å². The SMILES string of the molecule is NC(=O)c1c(NC(=O)CCCc2nc3ccccc3c(=O)[nH]2)sc2c1CCCCC2. The first-order valence-corrected chi connectivity index (χ1v) is 11.1. The predicted octanol–water partition coefficient (Wildman–Crippen LogP) is 3.31. The highest BCUT2D eigenvalue weighted by atomic mass is 32.1. The molecule has 0 bridgehead atoms. The molecule has 3 aromatic rings. The van der Waals surface area contributed by atoms with Crippen molar-refractivity contribution in [2.45, 2.75) is 51.4 Å². The lowest BCUT2D eigenvalue weighted by molar-refractivity contribution is -0.116. The number of amides is 2. The summed E-state index contributed by atoms with van der Waals surface area (Å²) < 4.78 is 0. The number of fused-ring (bicyclic) bond motifs is 2. The van der Waals surface area contributed by atoms with Crippen molar-refractivity contribution in [1.82, 2.24) is 9.97 Å². The van der Waals surface area contributed by atoms with Gasteiger partial charge in [0.15, 0.2) is 0 Å². The molecule has 0 fully saturated rings. The minimum absolute atomic E-state index is 0.169. The van der Waals surface area contributed by atoms with Crippen LogP contribution in [0.15, 0.2) is 29.1 Å². The molecule has 2 heterocycles. The molecule has 4 N–H and O–H groups in total. The van der Waals surface area contributed by atoms with Crippen molar-refractivity contribution < 1.29 is 9.59 Å². The summed E-state index contributed by atoms with van der Waals surface area (Å²) in [7, 11) is 0. The standard InChI is InChI=1S/C22H24N4O3S/c23-20(28)19-14-8-2-1-3-10-16(14)30-22(19)26-18(27)12-6-11-17-24-15-9-5-4-7-13(15)21(29)25-17/h4-5,7,9H,1-3,6,8,10-12H2,(H2,23,28)(H,26,27)(H,24,25,29). The molecular weight excluding hydrogens is 400 g/mol. The lowest BCUT2D eigenvalue weighted by Crippen LogP contribution is -2.18. The number of thiophene rings is 1. The first-order chi connectivity index (χ1) is 14.5. The number of H-pyrrole nitrogens is 1. The van der Waals surface area contributed by atoms with Crippen molar-refractivity contribution in [3.05, 3.63) is 56.4 Å². The highest BCUT2D eigenvalue weighted by Crippen LogP contribution is 2.37. The minimum Gasteiger partial charge on any atom is -0.365 e. The fourth-order valence-corrected chi connectivity index (χ4v) is 5.26. The second-order valence-electron chi connectivity index (χ2n) is 7.56. The van der Waals surface area contributed by atoms with Crippen LogP contribution in [0, 0.1) is 0 Å². The first-order valence-electron chi connectivity index (χ1n) is 10.2. The number of carbonyl (C=O) groups excluding carboxylic acids is 2. The third-order valence-electron chi connectivity index (χ3n) is 5.40. The Bertz CT molecular complexity index is 1160. The average Bonchev–Trinajstić information content (AvgIpc) is 2.89. The van der Waals surface area contributed by atoms with E-state index in [0.717, 1.165) is 42.5 Å². The predicted molar refractivity (Wildman–Crippen MR) is 118 cm³/mol. The van der Waals surface area contributed by atoms with E-state index < -0.39 is 5.91 Å². The third kappa shape index (κ3) is 4.28. The van der Waals surface area contributed by atoms with Gasteiger partial charge in [0.1, 0.15) is 10.8 Å². The quantitative estimate of drug-likeness (QED) is 0.526. The molecular formula is C22H24N4O3S. The number of nitrogens with zero attached hydrogens (tertiary/aromatic N) is 1. The summed E-state index contributed by atoms with van der Waals surface area (Å²) in [4.78, 5) is 45.1. The normalized spacial score (nSPS) is 13.6. The Labute approximate surface area is 177 Å². The number of aryl methyl sites for hydroxylation is 2. The van der Waals surface area contributed by atoms with Crippen LogP contribution in [0.3, 0.4) is 0 Å². The van der Waals surface area contributed by atoms with Crippen LogP contribution in [0.2, 0.25) is 0 Å². The number of aromatic amines is 1. The van der Waals surface area contributed by atoms with Gasteiger partial charge in [0.25, 0.3) is 11.5 Å². The number of hydrogen-bond acceptors (Lipinski definition) is 5. The van der Waals surface area contributed by atoms with Gasteiger partial charge in [-0.3, -0.25) is 14.4 Å². The van der Waals surface area contributed by atoms with Crippen molar-refractivity contribution in [3.63, 3.8) is 0 Å². The second-order valence-corrected chi connectivity index (χ2v) is 8.67. The van der Waals surface area contributed by atoms with Gasteiger partial charge in [-0.05, 0) is 49.8 Å². The maximum absolute atomic E-state index is 12.5. The van der Waals surface area contributed by atoms with Crippen LogP contribution in [0.1, 0.15) is 58.7 Å². The Morgan fingerprint density at radius 2 is 1.97 bits per heavy atom. The average molecular weight is 425 g/mol. The zero-order valence-electron chi connectivity index (χ0n) is 16.6. The van der Waals surface area contributed by atoms with E-state index in [1.807, 2.05) is 6.07 Å². The number of para-hydroxylation sites is 1. The second kappa shape index (κ2) is 8.79. The molecule has 0 atom stereocenters. The van der Waals surface area contributed by atoms with Crippen molar-refractivity contribution in [1.29, 1.82) is 0 Å². The lowest BCUT2D eigenvalue weighted by atomic mass is 10.1. The van der Waals surface area contributed by atoms with E-state index >= 15 is 0 Å². The summed E-state index contributed by atoms with van der Waals surface area (Å²) in [6, 6.07) is 7.17. The van der Waals surface area contributed by atoms with Gasteiger partial charge in [0, 0.05) is 17.7 Å². The van der Waals surface area contributed by atoms with E-state index in [1.54, 1.807) is 18.2 Å². The van der Waals surface area contributed by atoms with Gasteiger partial charge >= 0.3 is 0 Å². The molecule has 0 spiro atoms. The first kappa shape index (κ1) is 20.3. The number of primary amides is 1. The molecule has 30 heavy (non-hydrogen) atoms. The molecule has 2 aromatic heterocycles. The maximum Gasteiger partial charge on any atom is 0.258 e. The third-order valence-corrected chi connectivity index (χ3v) is 6.61. The number of anilines is 1. The zero-order valence-corrected chi connectivity index (χ0v) is 17.4. The van der Waals surface area contributed by atoms with Crippen LogP contribution in [-0.2, 0) is 24.1 Å². The summed E-state index contributed by atoms with van der Waals surface area (Å²) in [5.74, 6) is -0.0909. The lowest BCUT2D eigenvalue weighted by Gasteiger charge is -2.07. The molecule has 8 heteroatoms. The van der Waals surface area contributed by atoms with Crippen LogP contribution in [0.25, 0.3) is 10.9 Å². The van der Waals surface area contributed by atoms with Gasteiger partial charge in [-0.1, -0.05) is 18.6 Å². The summed E-state index contributed by atoms with van der Waals surface area (Å²) >= 11 is 1.47. The Kier molecular flexibility index (Phi) is 5.94. The topological polar surface area (TPSA) is 118 Å². The maximum atomic E-state index is 12.5. The van der Waals surface area contributed by atoms with E-state index in [1.165, 1.54) is 11.3 Å². The van der Waals surface area contributed by atoms with Crippen LogP contribution >= 0.6 is 11.3 Å². The van der Waals surface area contributed by atoms with E-state index in [2.05, 4.69) is 15.3 Å². The number of carbonyl (C=O) groups is 2. The number of nitrogens with one attached hydrogen (secondary N) is 2. The summed E-state index contributed by atoms with van der Waals surface area (Å²) in [6.45, 7) is 0. The van der Waals surface area contributed by atoms with E-state index in [-0.39, 0.29) is 17.9 Å². The van der Waals surface area contributed by atoms with Crippen molar-refractivity contribution in [2.24, 2.45) is 5.73 Å². The molecule has 4 rings (SSSR count). The molecule has 0 aliphatic heterocycles. The fraction of sp³-hybridized carbons (Fsp3) is 0.364. The van der Waals surface area contributed by atoms with E-state index in [9.17, 15) is 14.4 Å². The number of rotatable bonds is 6. The largest absolute Gasteiger partial charge is 0.365 e. The minimum atomic E-state index is -0.484. The fourth-order valence-electron chi connectivity index (χ4n) is 3.95. The van der Waals surface area contributed by atoms with E-state index in [0.29, 0.717) is 40.1 Å².